The van der Waals surface area contributed by atoms with Gasteiger partial charge in [0.1, 0.15) is 6.61 Å². The van der Waals surface area contributed by atoms with Crippen molar-refractivity contribution in [2.45, 2.75) is 32.0 Å². The van der Waals surface area contributed by atoms with E-state index in [1.807, 2.05) is 30.3 Å². The SMILES string of the molecule is O=C(OCc1ccccc1)N1CC[C@]2(CC[C@H]2O)C1. The Bertz CT molecular complexity index is 462. The van der Waals surface area contributed by atoms with Crippen LogP contribution in [-0.4, -0.2) is 35.3 Å². The van der Waals surface area contributed by atoms with Crippen molar-refractivity contribution in [3.63, 3.8) is 0 Å². The Balaban J connectivity index is 1.52. The van der Waals surface area contributed by atoms with Gasteiger partial charge in [0.15, 0.2) is 0 Å². The number of aliphatic hydroxyl groups is 1. The van der Waals surface area contributed by atoms with Crippen LogP contribution in [0.3, 0.4) is 0 Å². The molecule has 2 atom stereocenters. The highest BCUT2D eigenvalue weighted by atomic mass is 16.6. The Labute approximate surface area is 113 Å². The zero-order chi connectivity index (χ0) is 13.3. The van der Waals surface area contributed by atoms with Crippen molar-refractivity contribution in [3.8, 4) is 0 Å². The van der Waals surface area contributed by atoms with Crippen LogP contribution in [0, 0.1) is 5.41 Å². The van der Waals surface area contributed by atoms with Gasteiger partial charge in [-0.05, 0) is 24.8 Å². The van der Waals surface area contributed by atoms with E-state index in [0.717, 1.165) is 24.8 Å². The van der Waals surface area contributed by atoms with E-state index in [9.17, 15) is 9.90 Å². The summed E-state index contributed by atoms with van der Waals surface area (Å²) in [6, 6.07) is 9.67. The van der Waals surface area contributed by atoms with Crippen molar-refractivity contribution in [1.82, 2.24) is 4.90 Å². The minimum atomic E-state index is -0.264. The molecular weight excluding hydrogens is 242 g/mol. The lowest BCUT2D eigenvalue weighted by Gasteiger charge is -2.43. The van der Waals surface area contributed by atoms with Gasteiger partial charge in [0.25, 0.3) is 0 Å². The molecule has 2 fully saturated rings. The molecule has 19 heavy (non-hydrogen) atoms. The molecule has 0 aromatic heterocycles. The molecule has 1 amide bonds. The van der Waals surface area contributed by atoms with E-state index < -0.39 is 0 Å². The second-order valence-electron chi connectivity index (χ2n) is 5.63. The number of hydrogen-bond donors (Lipinski definition) is 1. The molecule has 0 unspecified atom stereocenters. The van der Waals surface area contributed by atoms with Crippen molar-refractivity contribution in [2.24, 2.45) is 5.41 Å². The van der Waals surface area contributed by atoms with Gasteiger partial charge < -0.3 is 14.7 Å². The van der Waals surface area contributed by atoms with Gasteiger partial charge in [-0.3, -0.25) is 0 Å². The summed E-state index contributed by atoms with van der Waals surface area (Å²) < 4.78 is 5.31. The predicted octanol–water partition coefficient (Wildman–Crippen LogP) is 2.17. The number of likely N-dealkylation sites (tertiary alicyclic amines) is 1. The van der Waals surface area contributed by atoms with E-state index in [-0.39, 0.29) is 17.6 Å². The van der Waals surface area contributed by atoms with E-state index >= 15 is 0 Å². The normalized spacial score (nSPS) is 29.3. The molecule has 0 bridgehead atoms. The van der Waals surface area contributed by atoms with Crippen LogP contribution < -0.4 is 0 Å². The number of benzene rings is 1. The van der Waals surface area contributed by atoms with Gasteiger partial charge in [-0.15, -0.1) is 0 Å². The van der Waals surface area contributed by atoms with Crippen LogP contribution in [0.25, 0.3) is 0 Å². The van der Waals surface area contributed by atoms with Crippen molar-refractivity contribution >= 4 is 6.09 Å². The summed E-state index contributed by atoms with van der Waals surface area (Å²) in [7, 11) is 0. The molecular formula is C15H19NO3. The number of carbonyl (C=O) groups is 1. The molecule has 4 heteroatoms. The number of rotatable bonds is 2. The van der Waals surface area contributed by atoms with Gasteiger partial charge in [-0.25, -0.2) is 4.79 Å². The standard InChI is InChI=1S/C15H19NO3/c17-13-6-7-15(13)8-9-16(11-15)14(18)19-10-12-4-2-1-3-5-12/h1-5,13,17H,6-11H2/t13-,15-/m1/s1. The number of amides is 1. The van der Waals surface area contributed by atoms with Crippen LogP contribution in [0.4, 0.5) is 4.79 Å². The lowest BCUT2D eigenvalue weighted by atomic mass is 9.66. The molecule has 1 N–H and O–H groups in total. The quantitative estimate of drug-likeness (QED) is 0.887. The Morgan fingerprint density at radius 2 is 2.16 bits per heavy atom. The van der Waals surface area contributed by atoms with E-state index in [1.165, 1.54) is 0 Å². The van der Waals surface area contributed by atoms with E-state index in [1.54, 1.807) is 4.90 Å². The van der Waals surface area contributed by atoms with E-state index in [0.29, 0.717) is 19.7 Å². The number of carbonyl (C=O) groups excluding carboxylic acids is 1. The summed E-state index contributed by atoms with van der Waals surface area (Å²) in [4.78, 5) is 13.7. The van der Waals surface area contributed by atoms with Gasteiger partial charge >= 0.3 is 6.09 Å². The Morgan fingerprint density at radius 1 is 1.37 bits per heavy atom. The van der Waals surface area contributed by atoms with Crippen LogP contribution in [0.15, 0.2) is 30.3 Å². The maximum atomic E-state index is 12.0. The van der Waals surface area contributed by atoms with E-state index in [4.69, 9.17) is 4.74 Å². The summed E-state index contributed by atoms with van der Waals surface area (Å²) in [6.07, 6.45) is 2.29. The van der Waals surface area contributed by atoms with Gasteiger partial charge in [0.05, 0.1) is 6.10 Å². The Kier molecular flexibility index (Phi) is 3.19. The molecule has 1 aliphatic heterocycles. The summed E-state index contributed by atoms with van der Waals surface area (Å²) in [5, 5.41) is 9.83. The van der Waals surface area contributed by atoms with Gasteiger partial charge in [-0.2, -0.15) is 0 Å². The second kappa shape index (κ2) is 4.85. The first-order valence-electron chi connectivity index (χ1n) is 6.83. The number of ether oxygens (including phenoxy) is 1. The molecule has 1 aliphatic carbocycles. The van der Waals surface area contributed by atoms with E-state index in [2.05, 4.69) is 0 Å². The zero-order valence-corrected chi connectivity index (χ0v) is 10.9. The molecule has 1 heterocycles. The fourth-order valence-corrected chi connectivity index (χ4v) is 3.02. The molecule has 1 aromatic carbocycles. The maximum Gasteiger partial charge on any atom is 0.410 e. The molecule has 1 aromatic rings. The fourth-order valence-electron chi connectivity index (χ4n) is 3.02. The van der Waals surface area contributed by atoms with Crippen molar-refractivity contribution < 1.29 is 14.6 Å². The largest absolute Gasteiger partial charge is 0.445 e. The molecule has 1 saturated carbocycles. The summed E-state index contributed by atoms with van der Waals surface area (Å²) in [6.45, 7) is 1.65. The lowest BCUT2D eigenvalue weighted by Crippen LogP contribution is -2.47. The number of aliphatic hydroxyl groups excluding tert-OH is 1. The first-order valence-corrected chi connectivity index (χ1v) is 6.83. The molecule has 4 nitrogen and oxygen atoms in total. The zero-order valence-electron chi connectivity index (χ0n) is 10.9. The van der Waals surface area contributed by atoms with Crippen LogP contribution in [0.2, 0.25) is 0 Å². The molecule has 2 aliphatic rings. The molecule has 1 saturated heterocycles. The fraction of sp³-hybridized carbons (Fsp3) is 0.533. The molecule has 3 rings (SSSR count). The monoisotopic (exact) mass is 261 g/mol. The van der Waals surface area contributed by atoms with Crippen molar-refractivity contribution in [1.29, 1.82) is 0 Å². The van der Waals surface area contributed by atoms with Gasteiger partial charge in [-0.1, -0.05) is 30.3 Å². The number of hydrogen-bond acceptors (Lipinski definition) is 3. The highest BCUT2D eigenvalue weighted by Gasteiger charge is 2.51. The summed E-state index contributed by atoms with van der Waals surface area (Å²) >= 11 is 0. The topological polar surface area (TPSA) is 49.8 Å². The first kappa shape index (κ1) is 12.5. The van der Waals surface area contributed by atoms with Gasteiger partial charge in [0.2, 0.25) is 0 Å². The Hall–Kier alpha value is -1.55. The third-order valence-electron chi connectivity index (χ3n) is 4.47. The third-order valence-corrected chi connectivity index (χ3v) is 4.47. The summed E-state index contributed by atoms with van der Waals surface area (Å²) in [5.74, 6) is 0. The van der Waals surface area contributed by atoms with Crippen LogP contribution in [0.5, 0.6) is 0 Å². The Morgan fingerprint density at radius 3 is 2.74 bits per heavy atom. The second-order valence-corrected chi connectivity index (χ2v) is 5.63. The third kappa shape index (κ3) is 2.32. The summed E-state index contributed by atoms with van der Waals surface area (Å²) in [5.41, 5.74) is 0.958. The molecule has 102 valence electrons. The molecule has 0 radical (unpaired) electrons. The average Bonchev–Trinajstić information content (AvgIpc) is 2.92. The smallest absolute Gasteiger partial charge is 0.410 e. The van der Waals surface area contributed by atoms with Crippen LogP contribution in [0.1, 0.15) is 24.8 Å². The first-order chi connectivity index (χ1) is 9.20. The maximum absolute atomic E-state index is 12.0. The highest BCUT2D eigenvalue weighted by Crippen LogP contribution is 2.48. The van der Waals surface area contributed by atoms with Gasteiger partial charge in [0, 0.05) is 18.5 Å². The van der Waals surface area contributed by atoms with Crippen LogP contribution >= 0.6 is 0 Å². The minimum Gasteiger partial charge on any atom is -0.445 e. The van der Waals surface area contributed by atoms with Crippen molar-refractivity contribution in [2.75, 3.05) is 13.1 Å². The molecule has 1 spiro atoms. The average molecular weight is 261 g/mol. The predicted molar refractivity (Wildman–Crippen MR) is 70.5 cm³/mol. The minimum absolute atomic E-state index is 0.0359. The van der Waals surface area contributed by atoms with Crippen LogP contribution in [-0.2, 0) is 11.3 Å². The van der Waals surface area contributed by atoms with Crippen molar-refractivity contribution in [3.05, 3.63) is 35.9 Å². The lowest BCUT2D eigenvalue weighted by molar-refractivity contribution is -0.0560. The highest BCUT2D eigenvalue weighted by molar-refractivity contribution is 5.68. The number of nitrogens with zero attached hydrogens (tertiary/aromatic N) is 1.